The van der Waals surface area contributed by atoms with E-state index in [-0.39, 0.29) is 99.5 Å². The van der Waals surface area contributed by atoms with E-state index in [1.165, 1.54) is 48.6 Å². The Balaban J connectivity index is 0.801. The summed E-state index contributed by atoms with van der Waals surface area (Å²) in [6.07, 6.45) is 4.91. The van der Waals surface area contributed by atoms with Crippen molar-refractivity contribution < 1.29 is 148 Å². The molecule has 3 atom stereocenters. The van der Waals surface area contributed by atoms with E-state index < -0.39 is 152 Å². The van der Waals surface area contributed by atoms with Crippen LogP contribution in [0.15, 0.2) is 170 Å². The summed E-state index contributed by atoms with van der Waals surface area (Å²) in [5.74, 6) is -9.52. The molecule has 34 heteroatoms. The molecule has 0 heterocycles. The third-order valence-electron chi connectivity index (χ3n) is 27.2. The second-order valence-corrected chi connectivity index (χ2v) is 38.1. The van der Waals surface area contributed by atoms with Crippen molar-refractivity contribution in [3.05, 3.63) is 203 Å². The average Bonchev–Trinajstić information content (AvgIpc) is 0.714. The topological polar surface area (TPSA) is 299 Å². The van der Waals surface area contributed by atoms with Gasteiger partial charge in [0, 0.05) is 93.2 Å². The Bertz CT molecular complexity index is 4510. The van der Waals surface area contributed by atoms with Crippen molar-refractivity contribution in [1.82, 2.24) is 0 Å². The van der Waals surface area contributed by atoms with Gasteiger partial charge < -0.3 is 68.3 Å². The van der Waals surface area contributed by atoms with Crippen LogP contribution in [-0.2, 0) is 76.3 Å². The van der Waals surface area contributed by atoms with Crippen LogP contribution in [-0.4, -0.2) is 150 Å². The van der Waals surface area contributed by atoms with E-state index in [0.29, 0.717) is 212 Å². The molecular weight excluding hydrogens is 1900 g/mol. The van der Waals surface area contributed by atoms with Gasteiger partial charge in [-0.25, -0.2) is 19.2 Å². The third-order valence-corrected chi connectivity index (χ3v) is 27.2. The number of nitrogen functional groups attached to an aromatic ring is 2. The van der Waals surface area contributed by atoms with E-state index in [9.17, 15) is 91.0 Å². The number of alkyl halides is 12. The summed E-state index contributed by atoms with van der Waals surface area (Å²) in [6.45, 7) is -1.79. The van der Waals surface area contributed by atoms with Crippen molar-refractivity contribution in [2.75, 3.05) is 70.9 Å². The molecule has 5 aliphatic carbocycles. The Morgan fingerprint density at radius 1 is 0.299 bits per heavy atom. The summed E-state index contributed by atoms with van der Waals surface area (Å²) in [4.78, 5) is 111. The summed E-state index contributed by atoms with van der Waals surface area (Å²) in [5, 5.41) is 0. The fourth-order valence-electron chi connectivity index (χ4n) is 19.3. The van der Waals surface area contributed by atoms with Crippen molar-refractivity contribution in [2.45, 2.75) is 254 Å². The van der Waals surface area contributed by atoms with Gasteiger partial charge in [0.1, 0.15) is 29.6 Å². The fraction of sp³-hybridized carbons (Fsp3) is 0.527. The fourth-order valence-corrected chi connectivity index (χ4v) is 19.3. The van der Waals surface area contributed by atoms with E-state index in [1.807, 2.05) is 24.3 Å². The highest BCUT2D eigenvalue weighted by molar-refractivity contribution is 5.89. The maximum atomic E-state index is 14.3. The van der Waals surface area contributed by atoms with Gasteiger partial charge in [-0.15, -0.1) is 0 Å². The normalized spacial score (nSPS) is 21.6. The molecule has 6 aromatic rings. The Kier molecular flexibility index (Phi) is 44.7. The first-order valence-electron chi connectivity index (χ1n) is 50.0. The molecule has 22 nitrogen and oxygen atoms in total. The zero-order chi connectivity index (χ0) is 103. The molecule has 0 radical (unpaired) electrons. The van der Waals surface area contributed by atoms with Crippen LogP contribution in [0.3, 0.4) is 0 Å². The highest BCUT2D eigenvalue weighted by Gasteiger charge is 2.58. The summed E-state index contributed by atoms with van der Waals surface area (Å²) in [6, 6.07) is 39.8. The lowest BCUT2D eigenvalue weighted by Crippen LogP contribution is -2.53. The summed E-state index contributed by atoms with van der Waals surface area (Å²) in [7, 11) is 0. The predicted octanol–water partition coefficient (Wildman–Crippen LogP) is 24.5. The standard InChI is InChI=1S/C110H130F12N2O20/c111-107(112,113)61-5-1-8-65-134-88-51-33-81(34-52-88)104(130)142-92-45-17-75(18-46-92)24-58-96(126)138-69-84(68-137-95(125)57-23-74-15-43-91(44-16-74)141-103(129)80-27-13-73(14-28-80)12-4-11-64-133-72-110(120,121)122)101-99(78-29-39-86(123)40-30-78)102(100(101)79-31-41-87(124)42-32-79)85(70-139-97(127)59-25-76-19-47-93(48-20-76)143-105(131)82-35-53-89(54-36-82)135-66-9-2-6-62-108(114,115)116)71-140-98(128)60-26-77-21-49-94(50-22-77)144-106(132)83-37-55-90(56-38-83)136-67-10-3-7-63-109(117,118)119/h15-26,29-32,39-50,57-60,73,80-85,88-90,99-102H,1-14,27-28,33-38,51-56,61-72,123-124H2/b57-23+,58-24+,59-25+,60-26+. The summed E-state index contributed by atoms with van der Waals surface area (Å²) >= 11 is 0. The van der Waals surface area contributed by atoms with Crippen molar-refractivity contribution in [3.8, 4) is 23.0 Å². The molecule has 4 N–H and O–H groups in total. The van der Waals surface area contributed by atoms with E-state index in [0.717, 1.165) is 19.3 Å². The number of benzene rings is 6. The molecule has 0 saturated heterocycles. The maximum Gasteiger partial charge on any atom is 0.411 e. The first-order valence-corrected chi connectivity index (χ1v) is 50.0. The Morgan fingerprint density at radius 2 is 0.556 bits per heavy atom. The number of hydrogen-bond acceptors (Lipinski definition) is 22. The van der Waals surface area contributed by atoms with E-state index in [2.05, 4.69) is 0 Å². The smallest absolute Gasteiger partial charge is 0.411 e. The van der Waals surface area contributed by atoms with E-state index in [1.54, 1.807) is 121 Å². The van der Waals surface area contributed by atoms with Gasteiger partial charge in [-0.05, 0) is 308 Å². The molecule has 0 aromatic heterocycles. The maximum absolute atomic E-state index is 14.3. The van der Waals surface area contributed by atoms with Gasteiger partial charge in [0.2, 0.25) is 0 Å². The first kappa shape index (κ1) is 113. The number of anilines is 2. The van der Waals surface area contributed by atoms with Gasteiger partial charge in [0.15, 0.2) is 0 Å². The van der Waals surface area contributed by atoms with Gasteiger partial charge in [-0.3, -0.25) is 19.2 Å². The SMILES string of the molecule is Nc1ccc(C2C(C(COC(=O)/C=C/c3ccc(OC(=O)C4CCC(CCCCOCC(F)(F)F)CC4)cc3)COC(=O)/C=C/c3ccc(OC(=O)C4CCC(OCCCCCC(F)(F)F)CC4)cc3)C(c3ccc(N)cc3)C2C(COC(=O)/C=C/c2ccc(OC(=O)C3CCC(OCCCCCC(F)(F)F)CC3)cc2)COC(=O)/C=C/c2ccc(OC(=O)C3CCC(OCCCCCC(F)(F)F)CC3)cc2)cc1. The van der Waals surface area contributed by atoms with Crippen LogP contribution in [0.4, 0.5) is 64.1 Å². The molecule has 3 unspecified atom stereocenters. The molecular formula is C110H130F12N2O20. The largest absolute Gasteiger partial charge is 0.462 e. The van der Waals surface area contributed by atoms with Gasteiger partial charge in [0.25, 0.3) is 0 Å². The van der Waals surface area contributed by atoms with Crippen LogP contribution < -0.4 is 30.4 Å². The number of carbonyl (C=O) groups excluding carboxylic acids is 8. The lowest BCUT2D eigenvalue weighted by molar-refractivity contribution is -0.174. The second kappa shape index (κ2) is 56.9. The van der Waals surface area contributed by atoms with Crippen LogP contribution in [0.2, 0.25) is 0 Å². The van der Waals surface area contributed by atoms with E-state index >= 15 is 0 Å². The van der Waals surface area contributed by atoms with Crippen molar-refractivity contribution in [3.63, 3.8) is 0 Å². The van der Waals surface area contributed by atoms with Gasteiger partial charge in [-0.2, -0.15) is 52.7 Å². The Hall–Kier alpha value is -11.4. The van der Waals surface area contributed by atoms with Crippen LogP contribution in [0, 0.1) is 53.3 Å². The Labute approximate surface area is 831 Å². The molecule has 5 fully saturated rings. The van der Waals surface area contributed by atoms with Gasteiger partial charge in [-0.1, -0.05) is 105 Å². The molecule has 144 heavy (non-hydrogen) atoms. The molecule has 11 rings (SSSR count). The molecule has 0 bridgehead atoms. The number of hydrogen-bond donors (Lipinski definition) is 2. The number of rotatable bonds is 52. The molecule has 6 aromatic carbocycles. The van der Waals surface area contributed by atoms with Crippen molar-refractivity contribution in [1.29, 1.82) is 0 Å². The highest BCUT2D eigenvalue weighted by atomic mass is 19.4. The number of halogens is 12. The number of unbranched alkanes of at least 4 members (excludes halogenated alkanes) is 7. The molecule has 0 amide bonds. The van der Waals surface area contributed by atoms with Gasteiger partial charge in [0.05, 0.1) is 68.4 Å². The van der Waals surface area contributed by atoms with E-state index in [4.69, 9.17) is 68.3 Å². The molecule has 784 valence electrons. The molecule has 5 saturated carbocycles. The number of carbonyl (C=O) groups is 8. The monoisotopic (exact) mass is 2030 g/mol. The summed E-state index contributed by atoms with van der Waals surface area (Å²) in [5.41, 5.74) is 17.1. The molecule has 0 spiro atoms. The zero-order valence-electron chi connectivity index (χ0n) is 80.7. The Morgan fingerprint density at radius 3 is 0.812 bits per heavy atom. The first-order chi connectivity index (χ1) is 68.9. The lowest BCUT2D eigenvalue weighted by Gasteiger charge is -2.58. The second-order valence-electron chi connectivity index (χ2n) is 38.1. The number of nitrogens with two attached hydrogens (primary N) is 2. The zero-order valence-corrected chi connectivity index (χ0v) is 80.7. The lowest BCUT2D eigenvalue weighted by atomic mass is 9.46. The third kappa shape index (κ3) is 40.6. The van der Waals surface area contributed by atoms with Crippen LogP contribution in [0.1, 0.15) is 244 Å². The highest BCUT2D eigenvalue weighted by Crippen LogP contribution is 2.63. The van der Waals surface area contributed by atoms with Gasteiger partial charge >= 0.3 is 72.5 Å². The minimum atomic E-state index is -4.38. The van der Waals surface area contributed by atoms with Crippen molar-refractivity contribution >= 4 is 83.4 Å². The van der Waals surface area contributed by atoms with Crippen LogP contribution in [0.25, 0.3) is 24.3 Å². The van der Waals surface area contributed by atoms with Crippen LogP contribution in [0.5, 0.6) is 23.0 Å². The molecule has 5 aliphatic rings. The van der Waals surface area contributed by atoms with Crippen molar-refractivity contribution in [2.24, 2.45) is 53.3 Å². The minimum Gasteiger partial charge on any atom is -0.462 e. The minimum absolute atomic E-state index is 0.0149. The number of ether oxygens (including phenoxy) is 12. The summed E-state index contributed by atoms with van der Waals surface area (Å²) < 4.78 is 222. The quantitative estimate of drug-likeness (QED) is 0.00682. The number of esters is 8. The van der Waals surface area contributed by atoms with Crippen LogP contribution >= 0.6 is 0 Å². The average molecular weight is 2030 g/mol. The molecule has 0 aliphatic heterocycles. The predicted molar refractivity (Wildman–Crippen MR) is 514 cm³/mol.